The second-order valence-corrected chi connectivity index (χ2v) is 9.89. The number of carboxylic acid groups (broad SMARTS) is 1. The van der Waals surface area contributed by atoms with E-state index in [1.807, 2.05) is 6.92 Å². The van der Waals surface area contributed by atoms with Crippen LogP contribution in [-0.2, 0) is 23.9 Å². The van der Waals surface area contributed by atoms with Crippen LogP contribution in [0.5, 0.6) is 0 Å². The molecule has 14 heteroatoms. The predicted octanol–water partition coefficient (Wildman–Crippen LogP) is 2.06. The number of hydrogen-bond donors (Lipinski definition) is 3. The van der Waals surface area contributed by atoms with Crippen LogP contribution < -0.4 is 15.5 Å². The Hall–Kier alpha value is -5.01. The van der Waals surface area contributed by atoms with Gasteiger partial charge in [-0.15, -0.1) is 0 Å². The van der Waals surface area contributed by atoms with Gasteiger partial charge in [-0.25, -0.2) is 24.3 Å². The molecule has 1 saturated carbocycles. The van der Waals surface area contributed by atoms with Crippen molar-refractivity contribution in [2.75, 3.05) is 24.8 Å². The number of carbonyl (C=O) groups is 5. The molecule has 3 aliphatic rings. The summed E-state index contributed by atoms with van der Waals surface area (Å²) in [6.45, 7) is 5.35. The van der Waals surface area contributed by atoms with Gasteiger partial charge in [-0.3, -0.25) is 14.6 Å². The maximum absolute atomic E-state index is 13.6. The van der Waals surface area contributed by atoms with E-state index in [1.54, 1.807) is 31.0 Å². The number of carboxylic acids is 1. The number of esters is 1. The summed E-state index contributed by atoms with van der Waals surface area (Å²) < 4.78 is 10.1. The Kier molecular flexibility index (Phi) is 9.35. The number of fused-ring (bicyclic) bond motifs is 1. The van der Waals surface area contributed by atoms with E-state index in [0.717, 1.165) is 24.2 Å². The summed E-state index contributed by atoms with van der Waals surface area (Å²) in [6, 6.07) is 4.97. The molecule has 3 amide bonds. The number of amides is 3. The summed E-state index contributed by atoms with van der Waals surface area (Å²) in [4.78, 5) is 67.3. The van der Waals surface area contributed by atoms with E-state index >= 15 is 0 Å². The van der Waals surface area contributed by atoms with E-state index in [2.05, 4.69) is 20.7 Å². The fraction of sp³-hybridized carbons (Fsp3) is 0.393. The first-order chi connectivity index (χ1) is 20.1. The molecule has 1 aromatic carbocycles. The van der Waals surface area contributed by atoms with Crippen LogP contribution in [0.2, 0.25) is 0 Å². The maximum Gasteiger partial charge on any atom is 0.423 e. The zero-order chi connectivity index (χ0) is 30.4. The predicted molar refractivity (Wildman–Crippen MR) is 150 cm³/mol. The van der Waals surface area contributed by atoms with Crippen molar-refractivity contribution in [3.05, 3.63) is 52.7 Å². The van der Waals surface area contributed by atoms with Crippen LogP contribution in [0.25, 0.3) is 0 Å². The molecule has 0 aromatic heterocycles. The minimum atomic E-state index is -1.35. The monoisotopic (exact) mass is 580 g/mol. The second-order valence-electron chi connectivity index (χ2n) is 9.89. The number of nitrogens with one attached hydrogen (secondary N) is 2. The molecule has 2 aliphatic heterocycles. The number of benzene rings is 1. The SMILES string of the molecule is CCCNC(=O)C1CN2N=CN=C(N(C(=O)OCOC(=O)/C=C/C(=O)O)c3cc(C(=O)NC4CC4)ccc3C)C2=C1C. The molecule has 0 spiro atoms. The molecule has 0 saturated heterocycles. The smallest absolute Gasteiger partial charge is 0.423 e. The molecule has 1 aromatic rings. The van der Waals surface area contributed by atoms with Gasteiger partial charge in [0.15, 0.2) is 5.84 Å². The lowest BCUT2D eigenvalue weighted by Crippen LogP contribution is -2.43. The molecule has 1 aliphatic carbocycles. The van der Waals surface area contributed by atoms with Gasteiger partial charge < -0.3 is 25.2 Å². The molecule has 222 valence electrons. The molecule has 1 unspecified atom stereocenters. The number of hydrogen-bond acceptors (Lipinski definition) is 10. The van der Waals surface area contributed by atoms with Crippen LogP contribution in [0.3, 0.4) is 0 Å². The van der Waals surface area contributed by atoms with Gasteiger partial charge in [-0.05, 0) is 56.4 Å². The first kappa shape index (κ1) is 30.0. The number of aliphatic imine (C=N–C) groups is 1. The molecule has 0 radical (unpaired) electrons. The van der Waals surface area contributed by atoms with Crippen LogP contribution in [0, 0.1) is 12.8 Å². The van der Waals surface area contributed by atoms with Gasteiger partial charge in [-0.1, -0.05) is 13.0 Å². The van der Waals surface area contributed by atoms with Crippen molar-refractivity contribution in [1.29, 1.82) is 0 Å². The summed E-state index contributed by atoms with van der Waals surface area (Å²) in [6.07, 6.45) is 4.07. The van der Waals surface area contributed by atoms with Gasteiger partial charge >= 0.3 is 18.0 Å². The fourth-order valence-corrected chi connectivity index (χ4v) is 4.36. The van der Waals surface area contributed by atoms with Crippen LogP contribution in [0.1, 0.15) is 49.0 Å². The van der Waals surface area contributed by atoms with Crippen LogP contribution >= 0.6 is 0 Å². The third-order valence-corrected chi connectivity index (χ3v) is 6.72. The van der Waals surface area contributed by atoms with E-state index in [4.69, 9.17) is 14.6 Å². The highest BCUT2D eigenvalue weighted by Gasteiger charge is 2.41. The van der Waals surface area contributed by atoms with Crippen molar-refractivity contribution < 1.29 is 38.6 Å². The molecule has 0 bridgehead atoms. The fourth-order valence-electron chi connectivity index (χ4n) is 4.36. The standard InChI is InChI=1S/C28H32N6O8/c1-4-11-29-27(39)20-13-33-24(17(20)3)25(30-14-31-33)34(28(40)42-15-41-23(37)10-9-22(35)36)21-12-18(6-5-16(21)2)26(38)32-19-7-8-19/h5-6,9-10,12,14,19-20H,4,7-8,11,13,15H2,1-3H3,(H,29,39)(H,32,38)(H,35,36)/b10-9+. The maximum atomic E-state index is 13.6. The van der Waals surface area contributed by atoms with Gasteiger partial charge in [0.05, 0.1) is 18.2 Å². The number of ether oxygens (including phenoxy) is 2. The first-order valence-electron chi connectivity index (χ1n) is 13.4. The highest BCUT2D eigenvalue weighted by atomic mass is 16.7. The molecular weight excluding hydrogens is 548 g/mol. The lowest BCUT2D eigenvalue weighted by Gasteiger charge is -2.30. The third kappa shape index (κ3) is 7.00. The van der Waals surface area contributed by atoms with Crippen molar-refractivity contribution in [2.45, 2.75) is 46.1 Å². The Labute approximate surface area is 241 Å². The number of anilines is 1. The van der Waals surface area contributed by atoms with Crippen molar-refractivity contribution in [3.8, 4) is 0 Å². The molecule has 42 heavy (non-hydrogen) atoms. The summed E-state index contributed by atoms with van der Waals surface area (Å²) >= 11 is 0. The lowest BCUT2D eigenvalue weighted by atomic mass is 10.0. The van der Waals surface area contributed by atoms with Crippen LogP contribution in [0.4, 0.5) is 10.5 Å². The van der Waals surface area contributed by atoms with Gasteiger partial charge in [0.1, 0.15) is 12.0 Å². The third-order valence-electron chi connectivity index (χ3n) is 6.72. The second kappa shape index (κ2) is 13.1. The minimum absolute atomic E-state index is 0.0956. The number of rotatable bonds is 10. The van der Waals surface area contributed by atoms with E-state index in [1.165, 1.54) is 12.4 Å². The van der Waals surface area contributed by atoms with E-state index < -0.39 is 30.7 Å². The van der Waals surface area contributed by atoms with E-state index in [0.29, 0.717) is 41.1 Å². The molecule has 4 rings (SSSR count). The normalized spacial score (nSPS) is 17.5. The number of aliphatic carboxylic acids is 1. The highest BCUT2D eigenvalue weighted by Crippen LogP contribution is 2.35. The average molecular weight is 581 g/mol. The highest BCUT2D eigenvalue weighted by molar-refractivity contribution is 6.24. The van der Waals surface area contributed by atoms with Crippen molar-refractivity contribution >= 4 is 47.7 Å². The first-order valence-corrected chi connectivity index (χ1v) is 13.4. The molecule has 2 heterocycles. The minimum Gasteiger partial charge on any atom is -0.478 e. The topological polar surface area (TPSA) is 179 Å². The Bertz CT molecular complexity index is 1410. The summed E-state index contributed by atoms with van der Waals surface area (Å²) in [5.41, 5.74) is 2.22. The average Bonchev–Trinajstić information content (AvgIpc) is 3.71. The number of amidine groups is 1. The molecule has 1 atom stereocenters. The van der Waals surface area contributed by atoms with E-state index in [9.17, 15) is 24.0 Å². The Balaban J connectivity index is 1.68. The van der Waals surface area contributed by atoms with Gasteiger partial charge in [0, 0.05) is 30.3 Å². The Morgan fingerprint density at radius 2 is 1.90 bits per heavy atom. The zero-order valence-electron chi connectivity index (χ0n) is 23.5. The van der Waals surface area contributed by atoms with Crippen molar-refractivity contribution in [1.82, 2.24) is 15.6 Å². The largest absolute Gasteiger partial charge is 0.478 e. The molecule has 14 nitrogen and oxygen atoms in total. The van der Waals surface area contributed by atoms with Gasteiger partial charge in [0.25, 0.3) is 5.91 Å². The van der Waals surface area contributed by atoms with Crippen LogP contribution in [-0.4, -0.2) is 78.1 Å². The molecular formula is C28H32N6O8. The number of aryl methyl sites for hydroxylation is 1. The van der Waals surface area contributed by atoms with Gasteiger partial charge in [-0.2, -0.15) is 5.10 Å². The van der Waals surface area contributed by atoms with Crippen molar-refractivity contribution in [2.24, 2.45) is 16.0 Å². The Morgan fingerprint density at radius 1 is 1.14 bits per heavy atom. The lowest BCUT2D eigenvalue weighted by molar-refractivity contribution is -0.146. The number of nitrogens with zero attached hydrogens (tertiary/aromatic N) is 4. The molecule has 1 fully saturated rings. The van der Waals surface area contributed by atoms with Crippen molar-refractivity contribution in [3.63, 3.8) is 0 Å². The summed E-state index contributed by atoms with van der Waals surface area (Å²) in [7, 11) is 0. The Morgan fingerprint density at radius 3 is 2.60 bits per heavy atom. The van der Waals surface area contributed by atoms with Crippen LogP contribution in [0.15, 0.2) is 51.7 Å². The van der Waals surface area contributed by atoms with Gasteiger partial charge in [0.2, 0.25) is 12.7 Å². The molecule has 3 N–H and O–H groups in total. The quantitative estimate of drug-likeness (QED) is 0.212. The number of hydrazone groups is 1. The summed E-state index contributed by atoms with van der Waals surface area (Å²) in [5, 5.41) is 20.3. The van der Waals surface area contributed by atoms with E-state index in [-0.39, 0.29) is 35.9 Å². The number of carbonyl (C=O) groups excluding carboxylic acids is 4. The summed E-state index contributed by atoms with van der Waals surface area (Å²) in [5.74, 6) is -3.32. The zero-order valence-corrected chi connectivity index (χ0v) is 23.5.